The van der Waals surface area contributed by atoms with E-state index in [0.717, 1.165) is 40.0 Å². The number of aromatic amines is 1. The van der Waals surface area contributed by atoms with Crippen LogP contribution in [0.15, 0.2) is 24.3 Å². The van der Waals surface area contributed by atoms with Crippen molar-refractivity contribution < 1.29 is 4.79 Å². The van der Waals surface area contributed by atoms with Gasteiger partial charge < -0.3 is 10.3 Å². The van der Waals surface area contributed by atoms with Crippen LogP contribution in [0.2, 0.25) is 0 Å². The minimum absolute atomic E-state index is 0.0629. The number of hydrogen-bond acceptors (Lipinski definition) is 4. The van der Waals surface area contributed by atoms with Crippen molar-refractivity contribution in [3.8, 4) is 0 Å². The molecule has 1 amide bonds. The van der Waals surface area contributed by atoms with Crippen LogP contribution in [0.25, 0.3) is 10.9 Å². The van der Waals surface area contributed by atoms with Crippen molar-refractivity contribution in [2.45, 2.75) is 33.1 Å². The van der Waals surface area contributed by atoms with Gasteiger partial charge >= 0.3 is 0 Å². The summed E-state index contributed by atoms with van der Waals surface area (Å²) in [5, 5.41) is 13.6. The first kappa shape index (κ1) is 14.7. The van der Waals surface area contributed by atoms with E-state index < -0.39 is 0 Å². The molecule has 1 aromatic carbocycles. The molecule has 3 aromatic rings. The van der Waals surface area contributed by atoms with Crippen molar-refractivity contribution in [2.75, 3.05) is 5.32 Å². The second-order valence-electron chi connectivity index (χ2n) is 5.25. The molecule has 0 fully saturated rings. The number of nitrogens with zero attached hydrogens (tertiary/aromatic N) is 2. The SMILES string of the molecule is CCCc1nnc(NC(=O)Cc2c(C)[nH]c3ccccc23)s1. The first-order valence-electron chi connectivity index (χ1n) is 7.35. The van der Waals surface area contributed by atoms with Gasteiger partial charge in [0.25, 0.3) is 0 Å². The van der Waals surface area contributed by atoms with Gasteiger partial charge in [-0.25, -0.2) is 0 Å². The van der Waals surface area contributed by atoms with E-state index in [4.69, 9.17) is 0 Å². The molecule has 0 aliphatic heterocycles. The zero-order valence-electron chi connectivity index (χ0n) is 12.6. The van der Waals surface area contributed by atoms with Gasteiger partial charge in [0, 0.05) is 23.0 Å². The van der Waals surface area contributed by atoms with Crippen LogP contribution in [-0.2, 0) is 17.6 Å². The smallest absolute Gasteiger partial charge is 0.230 e. The van der Waals surface area contributed by atoms with Crippen molar-refractivity contribution >= 4 is 33.3 Å². The molecule has 0 saturated carbocycles. The van der Waals surface area contributed by atoms with E-state index in [1.54, 1.807) is 0 Å². The molecule has 114 valence electrons. The lowest BCUT2D eigenvalue weighted by Gasteiger charge is -2.02. The third kappa shape index (κ3) is 3.01. The van der Waals surface area contributed by atoms with Crippen LogP contribution in [0.1, 0.15) is 29.6 Å². The van der Waals surface area contributed by atoms with Gasteiger partial charge in [0.05, 0.1) is 6.42 Å². The molecule has 2 heterocycles. The third-order valence-corrected chi connectivity index (χ3v) is 4.44. The summed E-state index contributed by atoms with van der Waals surface area (Å²) in [6.45, 7) is 4.09. The Hall–Kier alpha value is -2.21. The van der Waals surface area contributed by atoms with Crippen molar-refractivity contribution in [3.05, 3.63) is 40.5 Å². The quantitative estimate of drug-likeness (QED) is 0.757. The topological polar surface area (TPSA) is 70.7 Å². The molecule has 2 N–H and O–H groups in total. The minimum atomic E-state index is -0.0629. The van der Waals surface area contributed by atoms with Gasteiger partial charge in [-0.3, -0.25) is 4.79 Å². The highest BCUT2D eigenvalue weighted by Crippen LogP contribution is 2.23. The first-order chi connectivity index (χ1) is 10.7. The molecule has 3 rings (SSSR count). The Bertz CT molecular complexity index is 805. The summed E-state index contributed by atoms with van der Waals surface area (Å²) in [6.07, 6.45) is 2.25. The van der Waals surface area contributed by atoms with E-state index in [-0.39, 0.29) is 5.91 Å². The predicted octanol–water partition coefficient (Wildman–Crippen LogP) is 3.46. The van der Waals surface area contributed by atoms with Crippen molar-refractivity contribution in [2.24, 2.45) is 0 Å². The van der Waals surface area contributed by atoms with Crippen LogP contribution in [-0.4, -0.2) is 21.1 Å². The molecule has 6 heteroatoms. The lowest BCUT2D eigenvalue weighted by Crippen LogP contribution is -2.14. The Morgan fingerprint density at radius 2 is 2.14 bits per heavy atom. The second-order valence-corrected chi connectivity index (χ2v) is 6.31. The number of benzene rings is 1. The lowest BCUT2D eigenvalue weighted by molar-refractivity contribution is -0.115. The standard InChI is InChI=1S/C16H18N4OS/c1-3-6-15-19-20-16(22-15)18-14(21)9-12-10(2)17-13-8-5-4-7-11(12)13/h4-5,7-8,17H,3,6,9H2,1-2H3,(H,18,20,21). The summed E-state index contributed by atoms with van der Waals surface area (Å²) in [4.78, 5) is 15.6. The van der Waals surface area contributed by atoms with Crippen LogP contribution in [0.5, 0.6) is 0 Å². The van der Waals surface area contributed by atoms with Crippen molar-refractivity contribution in [1.29, 1.82) is 0 Å². The van der Waals surface area contributed by atoms with Crippen molar-refractivity contribution in [1.82, 2.24) is 15.2 Å². The van der Waals surface area contributed by atoms with Gasteiger partial charge in [-0.2, -0.15) is 0 Å². The summed E-state index contributed by atoms with van der Waals surface area (Å²) >= 11 is 1.44. The number of carbonyl (C=O) groups excluding carboxylic acids is 1. The number of aromatic nitrogens is 3. The fourth-order valence-electron chi connectivity index (χ4n) is 2.51. The summed E-state index contributed by atoms with van der Waals surface area (Å²) in [5.41, 5.74) is 3.12. The number of aryl methyl sites for hydroxylation is 2. The average Bonchev–Trinajstić information content (AvgIpc) is 3.05. The van der Waals surface area contributed by atoms with E-state index in [9.17, 15) is 4.79 Å². The number of H-pyrrole nitrogens is 1. The summed E-state index contributed by atoms with van der Waals surface area (Å²) in [5.74, 6) is -0.0629. The molecule has 0 aliphatic rings. The molecule has 5 nitrogen and oxygen atoms in total. The van der Waals surface area contributed by atoms with Crippen LogP contribution in [0.4, 0.5) is 5.13 Å². The number of hydrogen-bond donors (Lipinski definition) is 2. The molecule has 0 unspecified atom stereocenters. The number of anilines is 1. The molecule has 0 radical (unpaired) electrons. The van der Waals surface area contributed by atoms with Crippen LogP contribution in [0.3, 0.4) is 0 Å². The molecule has 0 bridgehead atoms. The maximum absolute atomic E-state index is 12.3. The number of rotatable bonds is 5. The van der Waals surface area contributed by atoms with Crippen molar-refractivity contribution in [3.63, 3.8) is 0 Å². The van der Waals surface area contributed by atoms with Gasteiger partial charge in [0.2, 0.25) is 11.0 Å². The highest BCUT2D eigenvalue weighted by atomic mass is 32.1. The second kappa shape index (κ2) is 6.27. The van der Waals surface area contributed by atoms with E-state index in [0.29, 0.717) is 11.6 Å². The third-order valence-electron chi connectivity index (χ3n) is 3.54. The molecule has 0 atom stereocenters. The van der Waals surface area contributed by atoms with Gasteiger partial charge in [0.1, 0.15) is 5.01 Å². The fraction of sp³-hybridized carbons (Fsp3) is 0.312. The predicted molar refractivity (Wildman–Crippen MR) is 89.3 cm³/mol. The maximum atomic E-state index is 12.3. The lowest BCUT2D eigenvalue weighted by atomic mass is 10.1. The highest BCUT2D eigenvalue weighted by Gasteiger charge is 2.14. The number of fused-ring (bicyclic) bond motifs is 1. The summed E-state index contributed by atoms with van der Waals surface area (Å²) in [6, 6.07) is 8.02. The Balaban J connectivity index is 1.74. The Morgan fingerprint density at radius 1 is 1.32 bits per heavy atom. The number of para-hydroxylation sites is 1. The Labute approximate surface area is 132 Å². The van der Waals surface area contributed by atoms with E-state index in [2.05, 4.69) is 27.4 Å². The van der Waals surface area contributed by atoms with E-state index in [1.807, 2.05) is 31.2 Å². The molecular formula is C16H18N4OS. The van der Waals surface area contributed by atoms with E-state index >= 15 is 0 Å². The maximum Gasteiger partial charge on any atom is 0.230 e. The number of amides is 1. The van der Waals surface area contributed by atoms with Gasteiger partial charge in [-0.05, 0) is 25.0 Å². The Kier molecular flexibility index (Phi) is 4.20. The monoisotopic (exact) mass is 314 g/mol. The molecule has 22 heavy (non-hydrogen) atoms. The van der Waals surface area contributed by atoms with Crippen LogP contribution >= 0.6 is 11.3 Å². The van der Waals surface area contributed by atoms with Gasteiger partial charge in [-0.1, -0.05) is 36.5 Å². The van der Waals surface area contributed by atoms with Gasteiger partial charge in [-0.15, -0.1) is 10.2 Å². The molecule has 0 aliphatic carbocycles. The Morgan fingerprint density at radius 3 is 2.95 bits per heavy atom. The summed E-state index contributed by atoms with van der Waals surface area (Å²) in [7, 11) is 0. The normalized spacial score (nSPS) is 11.0. The molecule has 0 spiro atoms. The molecular weight excluding hydrogens is 296 g/mol. The zero-order chi connectivity index (χ0) is 15.5. The van der Waals surface area contributed by atoms with E-state index in [1.165, 1.54) is 11.3 Å². The van der Waals surface area contributed by atoms with Crippen LogP contribution in [0, 0.1) is 6.92 Å². The average molecular weight is 314 g/mol. The minimum Gasteiger partial charge on any atom is -0.358 e. The zero-order valence-corrected chi connectivity index (χ0v) is 13.5. The molecule has 0 saturated heterocycles. The number of carbonyl (C=O) groups is 1. The largest absolute Gasteiger partial charge is 0.358 e. The van der Waals surface area contributed by atoms with Crippen LogP contribution < -0.4 is 5.32 Å². The summed E-state index contributed by atoms with van der Waals surface area (Å²) < 4.78 is 0. The number of nitrogens with one attached hydrogen (secondary N) is 2. The fourth-order valence-corrected chi connectivity index (χ4v) is 3.36. The first-order valence-corrected chi connectivity index (χ1v) is 8.17. The van der Waals surface area contributed by atoms with Gasteiger partial charge in [0.15, 0.2) is 0 Å². The highest BCUT2D eigenvalue weighted by molar-refractivity contribution is 7.15. The molecule has 2 aromatic heterocycles.